The van der Waals surface area contributed by atoms with Crippen molar-refractivity contribution in [3.63, 3.8) is 0 Å². The van der Waals surface area contributed by atoms with Crippen LogP contribution >= 0.6 is 23.1 Å². The van der Waals surface area contributed by atoms with Gasteiger partial charge in [0.25, 0.3) is 0 Å². The zero-order chi connectivity index (χ0) is 21.2. The van der Waals surface area contributed by atoms with Crippen LogP contribution in [0.5, 0.6) is 0 Å². The minimum absolute atomic E-state index is 0.137. The predicted molar refractivity (Wildman–Crippen MR) is 125 cm³/mol. The van der Waals surface area contributed by atoms with Crippen molar-refractivity contribution in [3.05, 3.63) is 59.1 Å². The van der Waals surface area contributed by atoms with Crippen molar-refractivity contribution in [2.45, 2.75) is 30.8 Å². The molecule has 2 aromatic heterocycles. The van der Waals surface area contributed by atoms with Gasteiger partial charge >= 0.3 is 0 Å². The van der Waals surface area contributed by atoms with Gasteiger partial charge in [0.05, 0.1) is 21.0 Å². The molecular weight excluding hydrogens is 426 g/mol. The molecule has 1 N–H and O–H groups in total. The lowest BCUT2D eigenvalue weighted by molar-refractivity contribution is -0.129. The van der Waals surface area contributed by atoms with Crippen LogP contribution in [0.15, 0.2) is 53.7 Å². The number of aromatic nitrogens is 4. The second-order valence-electron chi connectivity index (χ2n) is 7.82. The molecular formula is C23H23N5OS2. The van der Waals surface area contributed by atoms with E-state index in [2.05, 4.69) is 34.2 Å². The highest BCUT2D eigenvalue weighted by atomic mass is 32.2. The lowest BCUT2D eigenvalue weighted by Gasteiger charge is -2.31. The number of likely N-dealkylation sites (tertiary alicyclic amines) is 1. The molecule has 1 aliphatic heterocycles. The number of rotatable bonds is 5. The third kappa shape index (κ3) is 4.50. The number of fused-ring (bicyclic) bond motifs is 1. The number of H-pyrrole nitrogens is 1. The number of thiazole rings is 1. The number of hydrogen-bond acceptors (Lipinski definition) is 6. The molecule has 0 spiro atoms. The van der Waals surface area contributed by atoms with Crippen LogP contribution in [0.1, 0.15) is 29.3 Å². The van der Waals surface area contributed by atoms with E-state index in [9.17, 15) is 4.79 Å². The Balaban J connectivity index is 1.20. The number of para-hydroxylation sites is 1. The Morgan fingerprint density at radius 3 is 2.87 bits per heavy atom. The molecule has 31 heavy (non-hydrogen) atoms. The molecule has 1 amide bonds. The molecule has 158 valence electrons. The van der Waals surface area contributed by atoms with Crippen molar-refractivity contribution in [2.75, 3.05) is 18.8 Å². The van der Waals surface area contributed by atoms with E-state index in [1.54, 1.807) is 11.3 Å². The maximum Gasteiger partial charge on any atom is 0.233 e. The number of aryl methyl sites for hydroxylation is 1. The van der Waals surface area contributed by atoms with Crippen LogP contribution in [0.25, 0.3) is 21.6 Å². The third-order valence-corrected chi connectivity index (χ3v) is 7.58. The number of nitrogens with one attached hydrogen (secondary N) is 1. The number of nitrogens with zero attached hydrogens (tertiary/aromatic N) is 4. The molecule has 1 atom stereocenters. The molecule has 1 fully saturated rings. The van der Waals surface area contributed by atoms with Gasteiger partial charge in [-0.1, -0.05) is 53.7 Å². The number of thioether (sulfide) groups is 1. The van der Waals surface area contributed by atoms with Gasteiger partial charge in [-0.15, -0.1) is 16.4 Å². The van der Waals surface area contributed by atoms with Crippen LogP contribution in [-0.4, -0.2) is 49.8 Å². The summed E-state index contributed by atoms with van der Waals surface area (Å²) in [5.41, 5.74) is 3.25. The van der Waals surface area contributed by atoms with Crippen molar-refractivity contribution in [3.8, 4) is 11.4 Å². The number of piperidine rings is 1. The second-order valence-corrected chi connectivity index (χ2v) is 9.82. The number of benzene rings is 2. The molecule has 0 radical (unpaired) electrons. The molecule has 1 saturated heterocycles. The zero-order valence-corrected chi connectivity index (χ0v) is 18.9. The molecule has 1 aliphatic rings. The first-order valence-electron chi connectivity index (χ1n) is 10.4. The smallest absolute Gasteiger partial charge is 0.233 e. The van der Waals surface area contributed by atoms with E-state index < -0.39 is 0 Å². The lowest BCUT2D eigenvalue weighted by Crippen LogP contribution is -2.40. The summed E-state index contributed by atoms with van der Waals surface area (Å²) in [5, 5.41) is 8.98. The van der Waals surface area contributed by atoms with Gasteiger partial charge in [0.15, 0.2) is 5.82 Å². The highest BCUT2D eigenvalue weighted by Crippen LogP contribution is 2.33. The standard InChI is InChI=1S/C23H23N5OS2/c1-15-8-10-16(11-9-15)21-25-23(27-26-21)30-14-20(29)28-12-4-5-17(13-28)22-24-18-6-2-3-7-19(18)31-22/h2-3,6-11,17H,4-5,12-14H2,1H3,(H,25,26,27)/t17-/m0/s1. The highest BCUT2D eigenvalue weighted by Gasteiger charge is 2.27. The van der Waals surface area contributed by atoms with Crippen LogP contribution in [0.3, 0.4) is 0 Å². The van der Waals surface area contributed by atoms with Gasteiger partial charge in [0, 0.05) is 24.6 Å². The van der Waals surface area contributed by atoms with Crippen molar-refractivity contribution >= 4 is 39.2 Å². The highest BCUT2D eigenvalue weighted by molar-refractivity contribution is 7.99. The summed E-state index contributed by atoms with van der Waals surface area (Å²) in [4.78, 5) is 24.2. The molecule has 0 saturated carbocycles. The minimum Gasteiger partial charge on any atom is -0.341 e. The minimum atomic E-state index is 0.137. The Hall–Kier alpha value is -2.71. The first kappa shape index (κ1) is 20.2. The molecule has 0 unspecified atom stereocenters. The summed E-state index contributed by atoms with van der Waals surface area (Å²) in [5.74, 6) is 1.52. The van der Waals surface area contributed by atoms with Crippen molar-refractivity contribution in [1.29, 1.82) is 0 Å². The molecule has 2 aromatic carbocycles. The van der Waals surface area contributed by atoms with Crippen molar-refractivity contribution < 1.29 is 4.79 Å². The summed E-state index contributed by atoms with van der Waals surface area (Å²) in [7, 11) is 0. The van der Waals surface area contributed by atoms with E-state index in [0.29, 0.717) is 16.8 Å². The number of hydrogen-bond donors (Lipinski definition) is 1. The fourth-order valence-corrected chi connectivity index (χ4v) is 5.63. The predicted octanol–water partition coefficient (Wildman–Crippen LogP) is 4.89. The van der Waals surface area contributed by atoms with Gasteiger partial charge in [-0.05, 0) is 31.9 Å². The second kappa shape index (κ2) is 8.80. The van der Waals surface area contributed by atoms with E-state index in [-0.39, 0.29) is 5.91 Å². The summed E-state index contributed by atoms with van der Waals surface area (Å²) < 4.78 is 1.21. The molecule has 0 aliphatic carbocycles. The largest absolute Gasteiger partial charge is 0.341 e. The molecule has 5 rings (SSSR count). The number of aromatic amines is 1. The van der Waals surface area contributed by atoms with Crippen molar-refractivity contribution in [1.82, 2.24) is 25.1 Å². The Bertz CT molecular complexity index is 1170. The third-order valence-electron chi connectivity index (χ3n) is 5.55. The van der Waals surface area contributed by atoms with Crippen LogP contribution in [0.2, 0.25) is 0 Å². The first-order valence-corrected chi connectivity index (χ1v) is 12.2. The molecule has 4 aromatic rings. The maximum absolute atomic E-state index is 12.9. The Labute approximate surface area is 189 Å². The zero-order valence-electron chi connectivity index (χ0n) is 17.2. The van der Waals surface area contributed by atoms with Gasteiger partial charge in [-0.3, -0.25) is 9.89 Å². The fourth-order valence-electron chi connectivity index (χ4n) is 3.84. The molecule has 6 nitrogen and oxygen atoms in total. The lowest BCUT2D eigenvalue weighted by atomic mass is 9.99. The van der Waals surface area contributed by atoms with Gasteiger partial charge < -0.3 is 4.90 Å². The molecule has 3 heterocycles. The SMILES string of the molecule is Cc1ccc(-c2nc(SCC(=O)N3CCC[C@H](c4nc5ccccc5s4)C3)n[nH]2)cc1. The van der Waals surface area contributed by atoms with E-state index in [1.165, 1.54) is 22.0 Å². The molecule has 8 heteroatoms. The quantitative estimate of drug-likeness (QED) is 0.439. The summed E-state index contributed by atoms with van der Waals surface area (Å²) in [6, 6.07) is 16.4. The van der Waals surface area contributed by atoms with Gasteiger partial charge in [0.1, 0.15) is 0 Å². The van der Waals surface area contributed by atoms with Crippen LogP contribution < -0.4 is 0 Å². The van der Waals surface area contributed by atoms with Gasteiger partial charge in [-0.2, -0.15) is 0 Å². The van der Waals surface area contributed by atoms with E-state index >= 15 is 0 Å². The number of carbonyl (C=O) groups is 1. The van der Waals surface area contributed by atoms with E-state index in [0.717, 1.165) is 47.8 Å². The summed E-state index contributed by atoms with van der Waals surface area (Å²) >= 11 is 3.13. The van der Waals surface area contributed by atoms with Gasteiger partial charge in [-0.25, -0.2) is 9.97 Å². The van der Waals surface area contributed by atoms with E-state index in [1.807, 2.05) is 41.3 Å². The summed E-state index contributed by atoms with van der Waals surface area (Å²) in [6.45, 7) is 3.60. The Morgan fingerprint density at radius 1 is 1.19 bits per heavy atom. The Morgan fingerprint density at radius 2 is 2.03 bits per heavy atom. The van der Waals surface area contributed by atoms with Crippen molar-refractivity contribution in [2.24, 2.45) is 0 Å². The van der Waals surface area contributed by atoms with Crippen LogP contribution in [0.4, 0.5) is 0 Å². The summed E-state index contributed by atoms with van der Waals surface area (Å²) in [6.07, 6.45) is 2.09. The van der Waals surface area contributed by atoms with Crippen LogP contribution in [-0.2, 0) is 4.79 Å². The normalized spacial score (nSPS) is 16.7. The Kier molecular flexibility index (Phi) is 5.74. The number of amides is 1. The number of carbonyl (C=O) groups excluding carboxylic acids is 1. The fraction of sp³-hybridized carbons (Fsp3) is 0.304. The molecule has 0 bridgehead atoms. The first-order chi connectivity index (χ1) is 15.2. The monoisotopic (exact) mass is 449 g/mol. The topological polar surface area (TPSA) is 74.8 Å². The van der Waals surface area contributed by atoms with Crippen LogP contribution in [0, 0.1) is 6.92 Å². The maximum atomic E-state index is 12.9. The average molecular weight is 450 g/mol. The van der Waals surface area contributed by atoms with E-state index in [4.69, 9.17) is 4.98 Å². The average Bonchev–Trinajstić information content (AvgIpc) is 3.45. The van der Waals surface area contributed by atoms with Gasteiger partial charge in [0.2, 0.25) is 11.1 Å².